The third-order valence-corrected chi connectivity index (χ3v) is 1.53. The summed E-state index contributed by atoms with van der Waals surface area (Å²) >= 11 is 5.73. The van der Waals surface area contributed by atoms with E-state index in [0.29, 0.717) is 11.9 Å². The molecule has 1 aromatic heterocycles. The van der Waals surface area contributed by atoms with Crippen LogP contribution in [0.1, 0.15) is 20.8 Å². The molecule has 1 heterocycles. The first-order valence-corrected chi connectivity index (χ1v) is 4.91. The molecule has 0 amide bonds. The zero-order valence-corrected chi connectivity index (χ0v) is 9.26. The lowest BCUT2D eigenvalue weighted by atomic mass is 10.4. The van der Waals surface area contributed by atoms with Crippen molar-refractivity contribution in [2.45, 2.75) is 26.8 Å². The second kappa shape index (κ2) is 4.95. The molecule has 0 aromatic carbocycles. The summed E-state index contributed by atoms with van der Waals surface area (Å²) in [4.78, 5) is 12.0. The Labute approximate surface area is 88.3 Å². The van der Waals surface area contributed by atoms with Crippen LogP contribution >= 0.6 is 11.6 Å². The average molecular weight is 222 g/mol. The number of nitrogens with one attached hydrogen (secondary N) is 2. The van der Waals surface area contributed by atoms with E-state index in [2.05, 4.69) is 25.6 Å². The fraction of sp³-hybridized carbons (Fsp3) is 0.625. The SMILES string of the molecule is CCN[14c]1n[14c](Cl)n[14c](NC(C)C)n1. The van der Waals surface area contributed by atoms with Gasteiger partial charge in [-0.05, 0) is 32.4 Å². The zero-order valence-electron chi connectivity index (χ0n) is 8.50. The van der Waals surface area contributed by atoms with Gasteiger partial charge in [-0.2, -0.15) is 15.0 Å². The molecule has 6 heteroatoms. The lowest BCUT2D eigenvalue weighted by Gasteiger charge is -2.09. The quantitative estimate of drug-likeness (QED) is 0.812. The predicted octanol–water partition coefficient (Wildman–Crippen LogP) is 1.78. The van der Waals surface area contributed by atoms with Crippen molar-refractivity contribution in [3.05, 3.63) is 5.28 Å². The van der Waals surface area contributed by atoms with Crippen LogP contribution in [-0.4, -0.2) is 27.5 Å². The average Bonchev–Trinajstić information content (AvgIpc) is 2.01. The molecule has 0 saturated heterocycles. The second-order valence-corrected chi connectivity index (χ2v) is 3.42. The van der Waals surface area contributed by atoms with E-state index in [9.17, 15) is 0 Å². The van der Waals surface area contributed by atoms with Crippen molar-refractivity contribution in [2.75, 3.05) is 17.2 Å². The summed E-state index contributed by atoms with van der Waals surface area (Å²) in [5.74, 6) is 0.992. The van der Waals surface area contributed by atoms with Gasteiger partial charge in [0.25, 0.3) is 0 Å². The van der Waals surface area contributed by atoms with E-state index in [4.69, 9.17) is 11.6 Å². The molecular weight excluding hydrogens is 208 g/mol. The molecule has 1 rings (SSSR count). The summed E-state index contributed by atoms with van der Waals surface area (Å²) in [7, 11) is 0. The van der Waals surface area contributed by atoms with E-state index in [1.165, 1.54) is 0 Å². The Morgan fingerprint density at radius 1 is 1.21 bits per heavy atom. The van der Waals surface area contributed by atoms with Crippen molar-refractivity contribution >= 4 is 23.5 Å². The van der Waals surface area contributed by atoms with Crippen LogP contribution in [-0.2, 0) is 0 Å². The summed E-state index contributed by atoms with van der Waals surface area (Å²) in [6.45, 7) is 6.73. The molecule has 0 spiro atoms. The Balaban J connectivity index is 2.83. The molecule has 5 nitrogen and oxygen atoms in total. The molecular formula is C8H14ClN5. The number of aromatic nitrogens is 3. The van der Waals surface area contributed by atoms with Gasteiger partial charge in [0.05, 0.1) is 0 Å². The monoisotopic (exact) mass is 221 g/mol. The van der Waals surface area contributed by atoms with Crippen LogP contribution in [0.2, 0.25) is 5.28 Å². The van der Waals surface area contributed by atoms with Crippen LogP contribution in [0.15, 0.2) is 0 Å². The maximum absolute atomic E-state index is 5.73. The van der Waals surface area contributed by atoms with Gasteiger partial charge in [0.1, 0.15) is 0 Å². The molecule has 14 heavy (non-hydrogen) atoms. The Morgan fingerprint density at radius 2 is 1.86 bits per heavy atom. The molecule has 0 fully saturated rings. The minimum Gasteiger partial charge on any atom is -0.354 e. The lowest BCUT2D eigenvalue weighted by molar-refractivity contribution is 0.866. The van der Waals surface area contributed by atoms with Gasteiger partial charge in [0.15, 0.2) is 0 Å². The normalized spacial score (nSPS) is 10.4. The van der Waals surface area contributed by atoms with E-state index < -0.39 is 0 Å². The van der Waals surface area contributed by atoms with Gasteiger partial charge in [-0.25, -0.2) is 0 Å². The van der Waals surface area contributed by atoms with Crippen LogP contribution in [0.3, 0.4) is 0 Å². The maximum Gasteiger partial charge on any atom is 0.228 e. The fourth-order valence-corrected chi connectivity index (χ4v) is 1.07. The molecule has 0 bridgehead atoms. The maximum atomic E-state index is 5.73. The highest BCUT2D eigenvalue weighted by molar-refractivity contribution is 6.28. The Bertz CT molecular complexity index is 302. The Hall–Kier alpha value is -1.10. The third-order valence-electron chi connectivity index (χ3n) is 1.36. The first-order valence-electron chi connectivity index (χ1n) is 4.53. The molecule has 0 radical (unpaired) electrons. The molecule has 78 valence electrons. The molecule has 0 atom stereocenters. The standard InChI is InChI=1S/C8H14ClN5/c1-4-10-7-12-6(9)13-8(14-7)11-5(2)3/h5H,4H2,1-3H3,(H2,10,11,12,13,14)/i6+2,7+2,8+2. The van der Waals surface area contributed by atoms with Gasteiger partial charge >= 0.3 is 0 Å². The van der Waals surface area contributed by atoms with Crippen molar-refractivity contribution in [3.63, 3.8) is 0 Å². The van der Waals surface area contributed by atoms with Crippen LogP contribution in [0, 0.1) is 0 Å². The number of anilines is 2. The van der Waals surface area contributed by atoms with Crippen LogP contribution in [0.5, 0.6) is 0 Å². The summed E-state index contributed by atoms with van der Waals surface area (Å²) < 4.78 is 0. The topological polar surface area (TPSA) is 62.7 Å². The van der Waals surface area contributed by atoms with Crippen molar-refractivity contribution in [1.29, 1.82) is 0 Å². The molecule has 0 aliphatic rings. The highest BCUT2D eigenvalue weighted by Gasteiger charge is 2.04. The number of hydrogen-bond acceptors (Lipinski definition) is 5. The molecule has 1 aromatic rings. The number of halogens is 1. The summed E-state index contributed by atoms with van der Waals surface area (Å²) in [5.41, 5.74) is 0. The highest BCUT2D eigenvalue weighted by atomic mass is 35.5. The van der Waals surface area contributed by atoms with Crippen molar-refractivity contribution in [2.24, 2.45) is 0 Å². The van der Waals surface area contributed by atoms with Gasteiger partial charge in [0, 0.05) is 12.6 Å². The molecule has 0 saturated carbocycles. The Morgan fingerprint density at radius 3 is 2.43 bits per heavy atom. The van der Waals surface area contributed by atoms with Crippen LogP contribution in [0.4, 0.5) is 11.9 Å². The van der Waals surface area contributed by atoms with E-state index >= 15 is 0 Å². The smallest absolute Gasteiger partial charge is 0.228 e. The van der Waals surface area contributed by atoms with Crippen molar-refractivity contribution in [3.8, 4) is 0 Å². The second-order valence-electron chi connectivity index (χ2n) is 3.08. The lowest BCUT2D eigenvalue weighted by Crippen LogP contribution is -2.14. The number of hydrogen-bond donors (Lipinski definition) is 2. The van der Waals surface area contributed by atoms with E-state index in [1.807, 2.05) is 20.8 Å². The first kappa shape index (κ1) is 11.0. The molecule has 0 aliphatic carbocycles. The Kier molecular flexibility index (Phi) is 3.88. The number of nitrogens with zero attached hydrogens (tertiary/aromatic N) is 3. The predicted molar refractivity (Wildman–Crippen MR) is 57.8 cm³/mol. The minimum atomic E-state index is 0.194. The van der Waals surface area contributed by atoms with Crippen LogP contribution < -0.4 is 10.6 Å². The van der Waals surface area contributed by atoms with Crippen LogP contribution in [0.25, 0.3) is 0 Å². The van der Waals surface area contributed by atoms with Gasteiger partial charge in [-0.1, -0.05) is 0 Å². The fourth-order valence-electron chi connectivity index (χ4n) is 0.910. The van der Waals surface area contributed by atoms with Crippen molar-refractivity contribution < 1.29 is 0 Å². The summed E-state index contributed by atoms with van der Waals surface area (Å²) in [5, 5.41) is 6.23. The molecule has 2 N–H and O–H groups in total. The van der Waals surface area contributed by atoms with Gasteiger partial charge in [0.2, 0.25) is 17.2 Å². The molecule has 0 unspecified atom stereocenters. The van der Waals surface area contributed by atoms with Gasteiger partial charge in [-0.3, -0.25) is 0 Å². The van der Waals surface area contributed by atoms with Crippen molar-refractivity contribution in [1.82, 2.24) is 15.0 Å². The van der Waals surface area contributed by atoms with E-state index in [1.54, 1.807) is 0 Å². The summed E-state index contributed by atoms with van der Waals surface area (Å²) in [6, 6.07) is 0.267. The number of rotatable bonds is 4. The van der Waals surface area contributed by atoms with E-state index in [-0.39, 0.29) is 11.3 Å². The van der Waals surface area contributed by atoms with E-state index in [0.717, 1.165) is 6.54 Å². The van der Waals surface area contributed by atoms with Gasteiger partial charge < -0.3 is 10.6 Å². The third kappa shape index (κ3) is 3.33. The first-order chi connectivity index (χ1) is 6.61. The van der Waals surface area contributed by atoms with Gasteiger partial charge in [-0.15, -0.1) is 0 Å². The zero-order chi connectivity index (χ0) is 10.6. The summed E-state index contributed by atoms with van der Waals surface area (Å²) in [6.07, 6.45) is 0. The largest absolute Gasteiger partial charge is 0.354 e. The highest BCUT2D eigenvalue weighted by Crippen LogP contribution is 2.09. The molecule has 0 aliphatic heterocycles. The minimum absolute atomic E-state index is 0.194.